The molecule has 2 amide bonds. The molecule has 0 aliphatic carbocycles. The molecular weight excluding hydrogens is 377 g/mol. The second-order valence-electron chi connectivity index (χ2n) is 5.85. The van der Waals surface area contributed by atoms with Crippen molar-refractivity contribution >= 4 is 29.2 Å². The van der Waals surface area contributed by atoms with E-state index in [9.17, 15) is 18.8 Å². The molecule has 1 heterocycles. The van der Waals surface area contributed by atoms with Gasteiger partial charge in [-0.25, -0.2) is 14.2 Å². The molecule has 1 aromatic heterocycles. The maximum absolute atomic E-state index is 13.0. The molecule has 146 valence electrons. The first-order valence-electron chi connectivity index (χ1n) is 8.57. The van der Waals surface area contributed by atoms with Crippen LogP contribution in [0.2, 0.25) is 0 Å². The van der Waals surface area contributed by atoms with Gasteiger partial charge < -0.3 is 15.4 Å². The fourth-order valence-electron chi connectivity index (χ4n) is 2.40. The summed E-state index contributed by atoms with van der Waals surface area (Å²) in [5, 5.41) is 5.16. The second kappa shape index (κ2) is 9.23. The monoisotopic (exact) mass is 393 g/mol. The number of ether oxygens (including phenoxy) is 1. The molecule has 3 aromatic rings. The van der Waals surface area contributed by atoms with Gasteiger partial charge in [0, 0.05) is 11.9 Å². The van der Waals surface area contributed by atoms with Crippen molar-refractivity contribution in [3.8, 4) is 0 Å². The Hall–Kier alpha value is -4.07. The number of pyridine rings is 1. The molecule has 0 saturated carbocycles. The second-order valence-corrected chi connectivity index (χ2v) is 5.85. The molecule has 0 spiro atoms. The lowest BCUT2D eigenvalue weighted by Gasteiger charge is -2.11. The van der Waals surface area contributed by atoms with Crippen molar-refractivity contribution in [2.24, 2.45) is 0 Å². The van der Waals surface area contributed by atoms with Crippen LogP contribution in [0.15, 0.2) is 72.9 Å². The Morgan fingerprint density at radius 1 is 0.897 bits per heavy atom. The van der Waals surface area contributed by atoms with Crippen molar-refractivity contribution in [2.75, 3.05) is 17.2 Å². The van der Waals surface area contributed by atoms with Crippen molar-refractivity contribution < 1.29 is 23.5 Å². The summed E-state index contributed by atoms with van der Waals surface area (Å²) in [7, 11) is 0. The lowest BCUT2D eigenvalue weighted by atomic mass is 10.1. The third-order valence-electron chi connectivity index (χ3n) is 3.76. The Morgan fingerprint density at radius 2 is 1.62 bits per heavy atom. The third kappa shape index (κ3) is 5.46. The van der Waals surface area contributed by atoms with Crippen LogP contribution in [0.5, 0.6) is 0 Å². The molecule has 0 fully saturated rings. The van der Waals surface area contributed by atoms with E-state index in [0.29, 0.717) is 5.69 Å². The maximum Gasteiger partial charge on any atom is 0.357 e. The van der Waals surface area contributed by atoms with Gasteiger partial charge >= 0.3 is 5.97 Å². The smallest absolute Gasteiger partial charge is 0.357 e. The van der Waals surface area contributed by atoms with E-state index >= 15 is 0 Å². The first kappa shape index (κ1) is 19.7. The van der Waals surface area contributed by atoms with Gasteiger partial charge in [0.15, 0.2) is 6.61 Å². The minimum atomic E-state index is -0.733. The number of nitrogens with one attached hydrogen (secondary N) is 2. The van der Waals surface area contributed by atoms with Gasteiger partial charge in [-0.1, -0.05) is 18.2 Å². The van der Waals surface area contributed by atoms with E-state index in [4.69, 9.17) is 4.74 Å². The minimum Gasteiger partial charge on any atom is -0.451 e. The van der Waals surface area contributed by atoms with Gasteiger partial charge in [0.2, 0.25) is 0 Å². The zero-order valence-electron chi connectivity index (χ0n) is 15.1. The molecule has 0 unspecified atom stereocenters. The molecule has 3 rings (SSSR count). The molecule has 0 saturated heterocycles. The van der Waals surface area contributed by atoms with Gasteiger partial charge in [-0.15, -0.1) is 0 Å². The van der Waals surface area contributed by atoms with Crippen LogP contribution in [-0.4, -0.2) is 29.4 Å². The summed E-state index contributed by atoms with van der Waals surface area (Å²) < 4.78 is 17.9. The van der Waals surface area contributed by atoms with Gasteiger partial charge in [0.1, 0.15) is 11.5 Å². The summed E-state index contributed by atoms with van der Waals surface area (Å²) in [5.41, 5.74) is 0.924. The number of para-hydroxylation sites is 1. The summed E-state index contributed by atoms with van der Waals surface area (Å²) in [6, 6.07) is 16.4. The topological polar surface area (TPSA) is 97.4 Å². The van der Waals surface area contributed by atoms with E-state index < -0.39 is 30.2 Å². The minimum absolute atomic E-state index is 0.0828. The predicted molar refractivity (Wildman–Crippen MR) is 104 cm³/mol. The summed E-state index contributed by atoms with van der Waals surface area (Å²) in [6.07, 6.45) is 1.44. The zero-order chi connectivity index (χ0) is 20.6. The molecule has 0 aliphatic rings. The molecule has 0 radical (unpaired) electrons. The standard InChI is InChI=1S/C21H16FN3O4/c22-14-8-10-15(11-9-14)24-20(27)16-5-1-2-6-17(16)25-19(26)13-29-21(28)18-7-3-4-12-23-18/h1-12H,13H2,(H,24,27)(H,25,26). The van der Waals surface area contributed by atoms with Crippen molar-refractivity contribution in [1.82, 2.24) is 4.98 Å². The fourth-order valence-corrected chi connectivity index (χ4v) is 2.40. The van der Waals surface area contributed by atoms with Gasteiger partial charge in [-0.2, -0.15) is 0 Å². The Bertz CT molecular complexity index is 1020. The van der Waals surface area contributed by atoms with E-state index in [0.717, 1.165) is 0 Å². The fraction of sp³-hybridized carbons (Fsp3) is 0.0476. The Morgan fingerprint density at radius 3 is 2.34 bits per heavy atom. The van der Waals surface area contributed by atoms with Crippen LogP contribution < -0.4 is 10.6 Å². The number of amides is 2. The van der Waals surface area contributed by atoms with Crippen molar-refractivity contribution in [2.45, 2.75) is 0 Å². The predicted octanol–water partition coefficient (Wildman–Crippen LogP) is 3.27. The molecule has 7 nitrogen and oxygen atoms in total. The molecule has 2 N–H and O–H groups in total. The first-order valence-corrected chi connectivity index (χ1v) is 8.57. The molecule has 2 aromatic carbocycles. The highest BCUT2D eigenvalue weighted by Gasteiger charge is 2.15. The third-order valence-corrected chi connectivity index (χ3v) is 3.76. The van der Waals surface area contributed by atoms with E-state index in [2.05, 4.69) is 15.6 Å². The van der Waals surface area contributed by atoms with Crippen LogP contribution in [0.3, 0.4) is 0 Å². The van der Waals surface area contributed by atoms with Gasteiger partial charge in [0.25, 0.3) is 11.8 Å². The number of carbonyl (C=O) groups excluding carboxylic acids is 3. The van der Waals surface area contributed by atoms with Crippen molar-refractivity contribution in [3.63, 3.8) is 0 Å². The van der Waals surface area contributed by atoms with Crippen LogP contribution in [0.25, 0.3) is 0 Å². The average Bonchev–Trinajstić information content (AvgIpc) is 2.74. The molecule has 8 heteroatoms. The highest BCUT2D eigenvalue weighted by atomic mass is 19.1. The Balaban J connectivity index is 1.62. The SMILES string of the molecule is O=C(COC(=O)c1ccccn1)Nc1ccccc1C(=O)Nc1ccc(F)cc1. The summed E-state index contributed by atoms with van der Waals surface area (Å²) >= 11 is 0. The number of anilines is 2. The maximum atomic E-state index is 13.0. The van der Waals surface area contributed by atoms with E-state index in [1.165, 1.54) is 48.7 Å². The average molecular weight is 393 g/mol. The van der Waals surface area contributed by atoms with Crippen LogP contribution in [0.4, 0.5) is 15.8 Å². The molecular formula is C21H16FN3O4. The van der Waals surface area contributed by atoms with Crippen LogP contribution in [0.1, 0.15) is 20.8 Å². The van der Waals surface area contributed by atoms with Crippen LogP contribution in [0, 0.1) is 5.82 Å². The lowest BCUT2D eigenvalue weighted by Crippen LogP contribution is -2.23. The number of nitrogens with zero attached hydrogens (tertiary/aromatic N) is 1. The zero-order valence-corrected chi connectivity index (χ0v) is 15.1. The van der Waals surface area contributed by atoms with Gasteiger partial charge in [-0.05, 0) is 48.5 Å². The number of hydrogen-bond donors (Lipinski definition) is 2. The largest absolute Gasteiger partial charge is 0.451 e. The Kier molecular flexibility index (Phi) is 6.26. The normalized spacial score (nSPS) is 10.1. The molecule has 0 aliphatic heterocycles. The van der Waals surface area contributed by atoms with Gasteiger partial charge in [-0.3, -0.25) is 9.59 Å². The lowest BCUT2D eigenvalue weighted by molar-refractivity contribution is -0.119. The number of rotatable bonds is 6. The number of aromatic nitrogens is 1. The van der Waals surface area contributed by atoms with E-state index in [-0.39, 0.29) is 16.9 Å². The number of hydrogen-bond acceptors (Lipinski definition) is 5. The molecule has 0 bridgehead atoms. The number of benzene rings is 2. The van der Waals surface area contributed by atoms with Gasteiger partial charge in [0.05, 0.1) is 11.3 Å². The number of carbonyl (C=O) groups is 3. The Labute approximate surface area is 165 Å². The number of esters is 1. The summed E-state index contributed by atoms with van der Waals surface area (Å²) in [4.78, 5) is 40.3. The van der Waals surface area contributed by atoms with Crippen LogP contribution >= 0.6 is 0 Å². The van der Waals surface area contributed by atoms with E-state index in [1.807, 2.05) is 0 Å². The highest BCUT2D eigenvalue weighted by Crippen LogP contribution is 2.18. The quantitative estimate of drug-likeness (QED) is 0.627. The van der Waals surface area contributed by atoms with E-state index in [1.54, 1.807) is 24.3 Å². The summed E-state index contributed by atoms with van der Waals surface area (Å²) in [6.45, 7) is -0.538. The number of halogens is 1. The molecule has 0 atom stereocenters. The van der Waals surface area contributed by atoms with Crippen molar-refractivity contribution in [1.29, 1.82) is 0 Å². The van der Waals surface area contributed by atoms with Crippen molar-refractivity contribution in [3.05, 3.63) is 90.0 Å². The molecule has 29 heavy (non-hydrogen) atoms. The first-order chi connectivity index (χ1) is 14.0. The summed E-state index contributed by atoms with van der Waals surface area (Å²) in [5.74, 6) is -2.26. The van der Waals surface area contributed by atoms with Crippen LogP contribution in [-0.2, 0) is 9.53 Å². The highest BCUT2D eigenvalue weighted by molar-refractivity contribution is 6.10.